The molecule has 1 N–H and O–H groups in total. The minimum Gasteiger partial charge on any atom is -0.481 e. The zero-order valence-electron chi connectivity index (χ0n) is 9.79. The molecule has 0 unspecified atom stereocenters. The van der Waals surface area contributed by atoms with Crippen molar-refractivity contribution in [2.24, 2.45) is 0 Å². The van der Waals surface area contributed by atoms with E-state index in [1.54, 1.807) is 20.3 Å². The molecule has 6 heteroatoms. The highest BCUT2D eigenvalue weighted by Gasteiger charge is 2.16. The van der Waals surface area contributed by atoms with E-state index in [4.69, 9.17) is 9.47 Å². The van der Waals surface area contributed by atoms with Crippen LogP contribution in [0, 0.1) is 0 Å². The quantitative estimate of drug-likeness (QED) is 0.794. The van der Waals surface area contributed by atoms with E-state index in [0.717, 1.165) is 0 Å². The Bertz CT molecular complexity index is 316. The second-order valence-corrected chi connectivity index (χ2v) is 8.90. The van der Waals surface area contributed by atoms with E-state index in [9.17, 15) is 0 Å². The van der Waals surface area contributed by atoms with Crippen molar-refractivity contribution in [3.8, 4) is 11.8 Å². The van der Waals surface area contributed by atoms with Crippen LogP contribution in [0.5, 0.6) is 11.8 Å². The van der Waals surface area contributed by atoms with Gasteiger partial charge in [0.25, 0.3) is 0 Å². The van der Waals surface area contributed by atoms with Crippen molar-refractivity contribution in [3.63, 3.8) is 0 Å². The zero-order valence-corrected chi connectivity index (χ0v) is 10.8. The number of methoxy groups -OCH3 is 2. The first-order chi connectivity index (χ1) is 6.94. The summed E-state index contributed by atoms with van der Waals surface area (Å²) in [6.45, 7) is 6.51. The van der Waals surface area contributed by atoms with Crippen LogP contribution >= 0.6 is 0 Å². The fourth-order valence-electron chi connectivity index (χ4n) is 1.00. The molecular weight excluding hydrogens is 210 g/mol. The van der Waals surface area contributed by atoms with Gasteiger partial charge in [-0.15, -0.1) is 0 Å². The lowest BCUT2D eigenvalue weighted by Gasteiger charge is -2.18. The lowest BCUT2D eigenvalue weighted by molar-refractivity contribution is 0.373. The van der Waals surface area contributed by atoms with Crippen molar-refractivity contribution >= 4 is 14.2 Å². The van der Waals surface area contributed by atoms with Crippen LogP contribution in [0.2, 0.25) is 19.6 Å². The van der Waals surface area contributed by atoms with Crippen molar-refractivity contribution in [1.82, 2.24) is 9.97 Å². The molecule has 0 amide bonds. The predicted octanol–water partition coefficient (Wildman–Crippen LogP) is 1.74. The first-order valence-corrected chi connectivity index (χ1v) is 8.20. The Labute approximate surface area is 90.9 Å². The molecule has 0 fully saturated rings. The van der Waals surface area contributed by atoms with Gasteiger partial charge >= 0.3 is 0 Å². The third-order valence-corrected chi connectivity index (χ3v) is 2.56. The highest BCUT2D eigenvalue weighted by atomic mass is 28.3. The Kier molecular flexibility index (Phi) is 3.51. The second kappa shape index (κ2) is 4.48. The third kappa shape index (κ3) is 3.74. The molecule has 84 valence electrons. The van der Waals surface area contributed by atoms with E-state index in [1.165, 1.54) is 0 Å². The smallest absolute Gasteiger partial charge is 0.221 e. The molecule has 0 spiro atoms. The molecule has 0 saturated heterocycles. The molecule has 5 nitrogen and oxygen atoms in total. The topological polar surface area (TPSA) is 56.3 Å². The van der Waals surface area contributed by atoms with Crippen molar-refractivity contribution in [2.75, 3.05) is 19.2 Å². The van der Waals surface area contributed by atoms with Gasteiger partial charge in [0, 0.05) is 0 Å². The summed E-state index contributed by atoms with van der Waals surface area (Å²) in [6.07, 6.45) is 0. The summed E-state index contributed by atoms with van der Waals surface area (Å²) in [4.78, 5) is 11.7. The highest BCUT2D eigenvalue weighted by Crippen LogP contribution is 2.18. The number of hydrogen-bond acceptors (Lipinski definition) is 5. The van der Waals surface area contributed by atoms with E-state index in [-0.39, 0.29) is 0 Å². The van der Waals surface area contributed by atoms with Gasteiger partial charge in [0.15, 0.2) is 0 Å². The molecule has 0 saturated carbocycles. The van der Waals surface area contributed by atoms with Crippen molar-refractivity contribution in [3.05, 3.63) is 6.07 Å². The van der Waals surface area contributed by atoms with E-state index < -0.39 is 8.24 Å². The number of nitrogens with one attached hydrogen (secondary N) is 1. The SMILES string of the molecule is COc1cc(OC)nc(N[Si](C)(C)C)n1. The second-order valence-electron chi connectivity index (χ2n) is 4.15. The van der Waals surface area contributed by atoms with Crippen LogP contribution in [-0.2, 0) is 0 Å². The lowest BCUT2D eigenvalue weighted by atomic mass is 10.6. The first-order valence-electron chi connectivity index (χ1n) is 4.70. The summed E-state index contributed by atoms with van der Waals surface area (Å²) in [5.41, 5.74) is 0. The summed E-state index contributed by atoms with van der Waals surface area (Å²) >= 11 is 0. The molecule has 1 aromatic rings. The summed E-state index contributed by atoms with van der Waals surface area (Å²) in [5.74, 6) is 1.57. The molecule has 0 atom stereocenters. The predicted molar refractivity (Wildman–Crippen MR) is 62.1 cm³/mol. The van der Waals surface area contributed by atoms with Crippen LogP contribution in [-0.4, -0.2) is 32.4 Å². The van der Waals surface area contributed by atoms with Crippen LogP contribution in [0.15, 0.2) is 6.07 Å². The maximum Gasteiger partial charge on any atom is 0.221 e. The van der Waals surface area contributed by atoms with Crippen LogP contribution in [0.4, 0.5) is 5.95 Å². The molecule has 0 radical (unpaired) electrons. The first kappa shape index (κ1) is 11.8. The fraction of sp³-hybridized carbons (Fsp3) is 0.556. The average molecular weight is 227 g/mol. The summed E-state index contributed by atoms with van der Waals surface area (Å²) in [5, 5.41) is 0. The van der Waals surface area contributed by atoms with Gasteiger partial charge in [-0.05, 0) is 0 Å². The van der Waals surface area contributed by atoms with Crippen molar-refractivity contribution in [2.45, 2.75) is 19.6 Å². The number of rotatable bonds is 4. The molecule has 1 rings (SSSR count). The van der Waals surface area contributed by atoms with Crippen LogP contribution in [0.3, 0.4) is 0 Å². The highest BCUT2D eigenvalue weighted by molar-refractivity contribution is 6.79. The maximum absolute atomic E-state index is 5.06. The van der Waals surface area contributed by atoms with Gasteiger partial charge in [0.2, 0.25) is 17.7 Å². The third-order valence-electron chi connectivity index (χ3n) is 1.58. The Morgan fingerprint density at radius 2 is 1.53 bits per heavy atom. The van der Waals surface area contributed by atoms with Gasteiger partial charge in [-0.3, -0.25) is 0 Å². The number of ether oxygens (including phenoxy) is 2. The largest absolute Gasteiger partial charge is 0.481 e. The number of aromatic nitrogens is 2. The number of anilines is 1. The molecule has 0 aliphatic carbocycles. The molecule has 15 heavy (non-hydrogen) atoms. The Morgan fingerprint density at radius 1 is 1.07 bits per heavy atom. The lowest BCUT2D eigenvalue weighted by Crippen LogP contribution is -2.33. The minimum atomic E-state index is -1.46. The molecule has 1 aromatic heterocycles. The van der Waals surface area contributed by atoms with Gasteiger partial charge in [-0.1, -0.05) is 19.6 Å². The van der Waals surface area contributed by atoms with Gasteiger partial charge in [0.05, 0.1) is 20.3 Å². The van der Waals surface area contributed by atoms with Gasteiger partial charge in [-0.25, -0.2) is 0 Å². The molecule has 1 heterocycles. The summed E-state index contributed by atoms with van der Waals surface area (Å²) < 4.78 is 10.1. The van der Waals surface area contributed by atoms with Crippen LogP contribution < -0.4 is 14.5 Å². The zero-order chi connectivity index (χ0) is 11.5. The minimum absolute atomic E-state index is 0.502. The van der Waals surface area contributed by atoms with Gasteiger partial charge < -0.3 is 14.5 Å². The molecule has 0 aromatic carbocycles. The Hall–Kier alpha value is -1.30. The van der Waals surface area contributed by atoms with E-state index in [2.05, 4.69) is 34.6 Å². The van der Waals surface area contributed by atoms with E-state index in [0.29, 0.717) is 17.7 Å². The van der Waals surface area contributed by atoms with Crippen LogP contribution in [0.25, 0.3) is 0 Å². The van der Waals surface area contributed by atoms with Gasteiger partial charge in [-0.2, -0.15) is 9.97 Å². The number of nitrogens with zero attached hydrogens (tertiary/aromatic N) is 2. The standard InChI is InChI=1S/C9H17N3O2Si/c1-13-7-6-8(14-2)11-9(10-7)12-15(3,4)5/h6H,1-5H3,(H,10,11,12). The normalized spacial score (nSPS) is 11.0. The monoisotopic (exact) mass is 227 g/mol. The Balaban J connectivity index is 2.97. The van der Waals surface area contributed by atoms with Crippen molar-refractivity contribution in [1.29, 1.82) is 0 Å². The van der Waals surface area contributed by atoms with Gasteiger partial charge in [0.1, 0.15) is 8.24 Å². The number of hydrogen-bond donors (Lipinski definition) is 1. The Morgan fingerprint density at radius 3 is 1.87 bits per heavy atom. The van der Waals surface area contributed by atoms with E-state index >= 15 is 0 Å². The van der Waals surface area contributed by atoms with Crippen LogP contribution in [0.1, 0.15) is 0 Å². The molecular formula is C9H17N3O2Si. The maximum atomic E-state index is 5.06. The summed E-state index contributed by atoms with van der Waals surface area (Å²) in [7, 11) is 1.68. The molecule has 0 bridgehead atoms. The average Bonchev–Trinajstić information content (AvgIpc) is 2.14. The summed E-state index contributed by atoms with van der Waals surface area (Å²) in [6, 6.07) is 1.65. The van der Waals surface area contributed by atoms with E-state index in [1.807, 2.05) is 0 Å². The fourth-order valence-corrected chi connectivity index (χ4v) is 1.79. The molecule has 0 aliphatic heterocycles. The molecule has 0 aliphatic rings. The van der Waals surface area contributed by atoms with Crippen molar-refractivity contribution < 1.29 is 9.47 Å².